The number of carbonyl (C=O) groups excluding carboxylic acids is 1. The van der Waals surface area contributed by atoms with Gasteiger partial charge in [-0.25, -0.2) is 4.79 Å². The Morgan fingerprint density at radius 3 is 2.55 bits per heavy atom. The van der Waals surface area contributed by atoms with Crippen LogP contribution in [0.15, 0.2) is 34.9 Å². The van der Waals surface area contributed by atoms with Gasteiger partial charge < -0.3 is 9.84 Å². The predicted molar refractivity (Wildman–Crippen MR) is 79.0 cm³/mol. The average Bonchev–Trinajstić information content (AvgIpc) is 2.76. The van der Waals surface area contributed by atoms with Crippen molar-refractivity contribution in [2.75, 3.05) is 10.6 Å². The number of aryl methyl sites for hydroxylation is 1. The zero-order valence-corrected chi connectivity index (χ0v) is 12.2. The van der Waals surface area contributed by atoms with Crippen molar-refractivity contribution in [3.63, 3.8) is 0 Å². The van der Waals surface area contributed by atoms with Crippen LogP contribution < -0.4 is 10.6 Å². The Kier molecular flexibility index (Phi) is 3.79. The molecule has 0 aliphatic carbocycles. The van der Waals surface area contributed by atoms with Crippen molar-refractivity contribution in [3.8, 4) is 0 Å². The van der Waals surface area contributed by atoms with Gasteiger partial charge in [0.2, 0.25) is 0 Å². The molecular weight excluding hydrogens is 254 g/mol. The fourth-order valence-electron chi connectivity index (χ4n) is 1.69. The lowest BCUT2D eigenvalue weighted by Crippen LogP contribution is -2.19. The molecule has 0 bridgehead atoms. The van der Waals surface area contributed by atoms with E-state index >= 15 is 0 Å². The summed E-state index contributed by atoms with van der Waals surface area (Å²) in [6, 6.07) is 8.97. The molecule has 0 saturated carbocycles. The molecule has 2 aromatic rings. The van der Waals surface area contributed by atoms with Gasteiger partial charge in [-0.2, -0.15) is 0 Å². The number of anilines is 2. The highest BCUT2D eigenvalue weighted by Gasteiger charge is 2.20. The molecule has 0 aliphatic rings. The van der Waals surface area contributed by atoms with Crippen LogP contribution in [0.5, 0.6) is 0 Å². The maximum absolute atomic E-state index is 11.8. The number of nitrogens with zero attached hydrogens (tertiary/aromatic N) is 1. The summed E-state index contributed by atoms with van der Waals surface area (Å²) in [7, 11) is 0. The van der Waals surface area contributed by atoms with E-state index in [-0.39, 0.29) is 11.4 Å². The van der Waals surface area contributed by atoms with Gasteiger partial charge in [-0.15, -0.1) is 0 Å². The second-order valence-electron chi connectivity index (χ2n) is 5.78. The maximum Gasteiger partial charge on any atom is 0.324 e. The molecule has 20 heavy (non-hydrogen) atoms. The van der Waals surface area contributed by atoms with Gasteiger partial charge in [-0.05, 0) is 24.6 Å². The van der Waals surface area contributed by atoms with E-state index in [0.29, 0.717) is 5.82 Å². The van der Waals surface area contributed by atoms with Crippen LogP contribution >= 0.6 is 0 Å². The zero-order valence-electron chi connectivity index (χ0n) is 12.2. The highest BCUT2D eigenvalue weighted by molar-refractivity contribution is 5.99. The molecule has 0 fully saturated rings. The molecule has 0 unspecified atom stereocenters. The smallest absolute Gasteiger partial charge is 0.324 e. The van der Waals surface area contributed by atoms with Crippen molar-refractivity contribution in [2.45, 2.75) is 33.1 Å². The second kappa shape index (κ2) is 5.36. The van der Waals surface area contributed by atoms with Crippen LogP contribution in [0.2, 0.25) is 0 Å². The number of aromatic nitrogens is 1. The van der Waals surface area contributed by atoms with Crippen LogP contribution in [0.1, 0.15) is 32.1 Å². The van der Waals surface area contributed by atoms with Crippen LogP contribution in [0.25, 0.3) is 0 Å². The fourth-order valence-corrected chi connectivity index (χ4v) is 1.69. The topological polar surface area (TPSA) is 67.2 Å². The lowest BCUT2D eigenvalue weighted by atomic mass is 9.93. The van der Waals surface area contributed by atoms with Gasteiger partial charge in [-0.3, -0.25) is 5.32 Å². The van der Waals surface area contributed by atoms with Crippen molar-refractivity contribution < 1.29 is 9.32 Å². The first-order valence-corrected chi connectivity index (χ1v) is 6.46. The normalized spacial score (nSPS) is 11.2. The Morgan fingerprint density at radius 2 is 1.95 bits per heavy atom. The Labute approximate surface area is 118 Å². The van der Waals surface area contributed by atoms with Gasteiger partial charge in [0.1, 0.15) is 5.76 Å². The molecule has 2 N–H and O–H groups in total. The molecule has 0 radical (unpaired) electrons. The van der Waals surface area contributed by atoms with Crippen molar-refractivity contribution in [1.82, 2.24) is 5.16 Å². The van der Waals surface area contributed by atoms with E-state index in [0.717, 1.165) is 17.0 Å². The van der Waals surface area contributed by atoms with E-state index < -0.39 is 0 Å². The number of rotatable bonds is 2. The monoisotopic (exact) mass is 273 g/mol. The molecule has 5 nitrogen and oxygen atoms in total. The number of nitrogens with one attached hydrogen (secondary N) is 2. The van der Waals surface area contributed by atoms with Gasteiger partial charge in [-0.1, -0.05) is 38.1 Å². The van der Waals surface area contributed by atoms with Gasteiger partial charge >= 0.3 is 6.03 Å². The van der Waals surface area contributed by atoms with E-state index in [9.17, 15) is 4.79 Å². The highest BCUT2D eigenvalue weighted by Crippen LogP contribution is 2.24. The molecule has 0 atom stereocenters. The zero-order chi connectivity index (χ0) is 14.8. The summed E-state index contributed by atoms with van der Waals surface area (Å²) in [5.41, 5.74) is 1.68. The van der Waals surface area contributed by atoms with Crippen molar-refractivity contribution >= 4 is 17.5 Å². The Balaban J connectivity index is 2.00. The molecule has 0 saturated heterocycles. The third kappa shape index (κ3) is 3.60. The Morgan fingerprint density at radius 1 is 1.20 bits per heavy atom. The van der Waals surface area contributed by atoms with Crippen molar-refractivity contribution in [2.24, 2.45) is 0 Å². The molecule has 1 aromatic carbocycles. The molecular formula is C15H19N3O2. The molecule has 0 spiro atoms. The number of amides is 2. The van der Waals surface area contributed by atoms with E-state index in [2.05, 4.69) is 15.8 Å². The number of benzene rings is 1. The van der Waals surface area contributed by atoms with Crippen molar-refractivity contribution in [1.29, 1.82) is 0 Å². The molecule has 2 amide bonds. The fraction of sp³-hybridized carbons (Fsp3) is 0.333. The molecule has 106 valence electrons. The van der Waals surface area contributed by atoms with Crippen LogP contribution in [0.3, 0.4) is 0 Å². The number of urea groups is 1. The minimum absolute atomic E-state index is 0.139. The second-order valence-corrected chi connectivity index (χ2v) is 5.78. The summed E-state index contributed by atoms with van der Waals surface area (Å²) < 4.78 is 5.21. The Bertz CT molecular complexity index is 612. The van der Waals surface area contributed by atoms with E-state index in [1.165, 1.54) is 0 Å². The van der Waals surface area contributed by atoms with Gasteiger partial charge in [0, 0.05) is 17.2 Å². The van der Waals surface area contributed by atoms with E-state index in [1.54, 1.807) is 6.07 Å². The van der Waals surface area contributed by atoms with Gasteiger partial charge in [0.05, 0.1) is 0 Å². The third-order valence-corrected chi connectivity index (χ3v) is 2.77. The van der Waals surface area contributed by atoms with Gasteiger partial charge in [0.25, 0.3) is 0 Å². The quantitative estimate of drug-likeness (QED) is 0.871. The summed E-state index contributed by atoms with van der Waals surface area (Å²) in [5, 5.41) is 9.23. The summed E-state index contributed by atoms with van der Waals surface area (Å²) in [4.78, 5) is 11.8. The van der Waals surface area contributed by atoms with Crippen LogP contribution in [0.4, 0.5) is 16.3 Å². The first kappa shape index (κ1) is 14.1. The molecule has 5 heteroatoms. The molecule has 1 heterocycles. The highest BCUT2D eigenvalue weighted by atomic mass is 16.5. The minimum atomic E-state index is -0.343. The number of carbonyl (C=O) groups is 1. The Hall–Kier alpha value is -2.30. The van der Waals surface area contributed by atoms with E-state index in [4.69, 9.17) is 4.52 Å². The molecule has 1 aromatic heterocycles. The summed E-state index contributed by atoms with van der Waals surface area (Å²) in [6.07, 6.45) is 0. The first-order valence-electron chi connectivity index (χ1n) is 6.46. The summed E-state index contributed by atoms with van der Waals surface area (Å²) >= 11 is 0. The summed E-state index contributed by atoms with van der Waals surface area (Å²) in [6.45, 7) is 8.02. The predicted octanol–water partition coefficient (Wildman–Crippen LogP) is 3.92. The van der Waals surface area contributed by atoms with E-state index in [1.807, 2.05) is 52.0 Å². The standard InChI is InChI=1S/C15H19N3O2/c1-10-6-5-7-11(8-10)16-14(19)17-13-9-12(20-18-13)15(2,3)4/h5-9H,1-4H3,(H2,16,17,18,19). The van der Waals surface area contributed by atoms with Crippen LogP contribution in [-0.4, -0.2) is 11.2 Å². The van der Waals surface area contributed by atoms with Crippen molar-refractivity contribution in [3.05, 3.63) is 41.7 Å². The minimum Gasteiger partial charge on any atom is -0.359 e. The summed E-state index contributed by atoms with van der Waals surface area (Å²) in [5.74, 6) is 1.13. The first-order chi connectivity index (χ1) is 9.34. The molecule has 2 rings (SSSR count). The average molecular weight is 273 g/mol. The maximum atomic E-state index is 11.8. The van der Waals surface area contributed by atoms with Crippen LogP contribution in [0, 0.1) is 6.92 Å². The molecule has 0 aliphatic heterocycles. The lowest BCUT2D eigenvalue weighted by Gasteiger charge is -2.12. The third-order valence-electron chi connectivity index (χ3n) is 2.77. The van der Waals surface area contributed by atoms with Crippen LogP contribution in [-0.2, 0) is 5.41 Å². The number of hydrogen-bond donors (Lipinski definition) is 2. The SMILES string of the molecule is Cc1cccc(NC(=O)Nc2cc(C(C)(C)C)on2)c1. The lowest BCUT2D eigenvalue weighted by molar-refractivity contribution is 0.262. The largest absolute Gasteiger partial charge is 0.359 e. The number of hydrogen-bond acceptors (Lipinski definition) is 3. The van der Waals surface area contributed by atoms with Gasteiger partial charge in [0.15, 0.2) is 5.82 Å².